The lowest BCUT2D eigenvalue weighted by Gasteiger charge is -2.21. The van der Waals surface area contributed by atoms with E-state index in [2.05, 4.69) is 10.3 Å². The summed E-state index contributed by atoms with van der Waals surface area (Å²) in [4.78, 5) is 15.9. The Bertz CT molecular complexity index is 306. The van der Waals surface area contributed by atoms with Crippen LogP contribution in [0.1, 0.15) is 19.5 Å². The summed E-state index contributed by atoms with van der Waals surface area (Å²) in [7, 11) is 1.79. The fourth-order valence-electron chi connectivity index (χ4n) is 1.03. The topological polar surface area (TPSA) is 42.0 Å². The number of hydrogen-bond acceptors (Lipinski definition) is 3. The molecule has 0 atom stereocenters. The number of pyridine rings is 1. The van der Waals surface area contributed by atoms with Gasteiger partial charge in [0.25, 0.3) is 0 Å². The number of ketones is 1. The third-order valence-corrected chi connectivity index (χ3v) is 2.39. The first kappa shape index (κ1) is 10.9. The molecule has 0 saturated carbocycles. The van der Waals surface area contributed by atoms with E-state index in [9.17, 15) is 4.79 Å². The highest BCUT2D eigenvalue weighted by atomic mass is 16.1. The highest BCUT2D eigenvalue weighted by Gasteiger charge is 2.24. The lowest BCUT2D eigenvalue weighted by molar-refractivity contribution is -0.123. The van der Waals surface area contributed by atoms with Crippen LogP contribution in [-0.4, -0.2) is 23.4 Å². The summed E-state index contributed by atoms with van der Waals surface area (Å²) in [5, 5.41) is 2.98. The predicted molar refractivity (Wildman–Crippen MR) is 56.1 cm³/mol. The lowest BCUT2D eigenvalue weighted by atomic mass is 9.96. The number of rotatable bonds is 4. The number of aromatic nitrogens is 1. The van der Waals surface area contributed by atoms with Crippen molar-refractivity contribution in [1.82, 2.24) is 10.3 Å². The van der Waals surface area contributed by atoms with Crippen LogP contribution in [0.4, 0.5) is 0 Å². The molecule has 0 radical (unpaired) electrons. The van der Waals surface area contributed by atoms with Gasteiger partial charge in [0.1, 0.15) is 0 Å². The molecule has 0 amide bonds. The maximum Gasteiger partial charge on any atom is 0.158 e. The third kappa shape index (κ3) is 2.64. The largest absolute Gasteiger partial charge is 0.308 e. The molecule has 0 bridgehead atoms. The first-order valence-electron chi connectivity index (χ1n) is 4.68. The van der Waals surface area contributed by atoms with Crippen LogP contribution in [0.2, 0.25) is 0 Å². The van der Waals surface area contributed by atoms with Crippen molar-refractivity contribution in [3.8, 4) is 0 Å². The smallest absolute Gasteiger partial charge is 0.158 e. The molecule has 1 N–H and O–H groups in total. The normalized spacial score (nSPS) is 11.4. The minimum Gasteiger partial charge on any atom is -0.308 e. The molecule has 76 valence electrons. The number of carbonyl (C=O) groups excluding carboxylic acids is 1. The number of nitrogens with zero attached hydrogens (tertiary/aromatic N) is 1. The van der Waals surface area contributed by atoms with Crippen molar-refractivity contribution in [2.45, 2.75) is 25.8 Å². The molecule has 0 unspecified atom stereocenters. The number of likely N-dealkylation sites (N-methyl/N-ethyl adjacent to an activating group) is 1. The summed E-state index contributed by atoms with van der Waals surface area (Å²) in [5.41, 5.74) is 0.346. The number of hydrogen-bond donors (Lipinski definition) is 1. The van der Waals surface area contributed by atoms with Gasteiger partial charge in [-0.1, -0.05) is 6.07 Å². The molecule has 0 saturated heterocycles. The van der Waals surface area contributed by atoms with Gasteiger partial charge >= 0.3 is 0 Å². The second-order valence-electron chi connectivity index (χ2n) is 3.80. The SMILES string of the molecule is CNC(C)(C)C(=O)Cc1ccccn1. The predicted octanol–water partition coefficient (Wildman–Crippen LogP) is 1.19. The van der Waals surface area contributed by atoms with Gasteiger partial charge < -0.3 is 5.32 Å². The Balaban J connectivity index is 2.67. The van der Waals surface area contributed by atoms with Crippen molar-refractivity contribution < 1.29 is 4.79 Å². The Labute approximate surface area is 84.6 Å². The standard InChI is InChI=1S/C11H16N2O/c1-11(2,12-3)10(14)8-9-6-4-5-7-13-9/h4-7,12H,8H2,1-3H3. The van der Waals surface area contributed by atoms with Gasteiger partial charge in [0, 0.05) is 11.9 Å². The molecule has 3 heteroatoms. The summed E-state index contributed by atoms with van der Waals surface area (Å²) < 4.78 is 0. The minimum atomic E-state index is -0.475. The van der Waals surface area contributed by atoms with E-state index in [4.69, 9.17) is 0 Å². The first-order valence-corrected chi connectivity index (χ1v) is 4.68. The molecule has 1 rings (SSSR count). The van der Waals surface area contributed by atoms with E-state index in [1.54, 1.807) is 13.2 Å². The van der Waals surface area contributed by atoms with E-state index in [0.717, 1.165) is 5.69 Å². The first-order chi connectivity index (χ1) is 6.56. The maximum absolute atomic E-state index is 11.8. The van der Waals surface area contributed by atoms with Crippen LogP contribution >= 0.6 is 0 Å². The Hall–Kier alpha value is -1.22. The summed E-state index contributed by atoms with van der Waals surface area (Å²) >= 11 is 0. The van der Waals surface area contributed by atoms with Crippen molar-refractivity contribution in [3.05, 3.63) is 30.1 Å². The van der Waals surface area contributed by atoms with Crippen LogP contribution in [-0.2, 0) is 11.2 Å². The van der Waals surface area contributed by atoms with Crippen LogP contribution in [0, 0.1) is 0 Å². The molecule has 1 aromatic heterocycles. The summed E-state index contributed by atoms with van der Waals surface area (Å²) in [6.45, 7) is 3.75. The molecule has 14 heavy (non-hydrogen) atoms. The molecule has 0 aromatic carbocycles. The summed E-state index contributed by atoms with van der Waals surface area (Å²) in [5.74, 6) is 0.152. The quantitative estimate of drug-likeness (QED) is 0.779. The van der Waals surface area contributed by atoms with E-state index in [0.29, 0.717) is 6.42 Å². The van der Waals surface area contributed by atoms with Gasteiger partial charge in [-0.15, -0.1) is 0 Å². The van der Waals surface area contributed by atoms with E-state index in [1.807, 2.05) is 32.0 Å². The average molecular weight is 192 g/mol. The second kappa shape index (κ2) is 4.33. The zero-order valence-corrected chi connectivity index (χ0v) is 8.87. The number of Topliss-reactive ketones (excluding diaryl/α,β-unsaturated/α-hetero) is 1. The van der Waals surface area contributed by atoms with Crippen LogP contribution < -0.4 is 5.32 Å². The van der Waals surface area contributed by atoms with Crippen LogP contribution in [0.3, 0.4) is 0 Å². The van der Waals surface area contributed by atoms with E-state index >= 15 is 0 Å². The molecular weight excluding hydrogens is 176 g/mol. The molecule has 0 fully saturated rings. The van der Waals surface area contributed by atoms with Gasteiger partial charge in [-0.05, 0) is 33.0 Å². The Morgan fingerprint density at radius 1 is 1.50 bits per heavy atom. The molecule has 0 spiro atoms. The van der Waals surface area contributed by atoms with Crippen molar-refractivity contribution in [2.75, 3.05) is 7.05 Å². The number of carbonyl (C=O) groups is 1. The maximum atomic E-state index is 11.8. The van der Waals surface area contributed by atoms with E-state index in [-0.39, 0.29) is 5.78 Å². The third-order valence-electron chi connectivity index (χ3n) is 2.39. The molecule has 1 heterocycles. The van der Waals surface area contributed by atoms with Crippen molar-refractivity contribution in [2.24, 2.45) is 0 Å². The van der Waals surface area contributed by atoms with Gasteiger partial charge in [-0.3, -0.25) is 9.78 Å². The van der Waals surface area contributed by atoms with Crippen LogP contribution in [0.15, 0.2) is 24.4 Å². The summed E-state index contributed by atoms with van der Waals surface area (Å²) in [6, 6.07) is 5.60. The monoisotopic (exact) mass is 192 g/mol. The average Bonchev–Trinajstić information content (AvgIpc) is 2.19. The van der Waals surface area contributed by atoms with Crippen molar-refractivity contribution in [3.63, 3.8) is 0 Å². The minimum absolute atomic E-state index is 0.152. The Morgan fingerprint density at radius 3 is 2.71 bits per heavy atom. The fraction of sp³-hybridized carbons (Fsp3) is 0.455. The van der Waals surface area contributed by atoms with E-state index in [1.165, 1.54) is 0 Å². The van der Waals surface area contributed by atoms with Gasteiger partial charge in [-0.2, -0.15) is 0 Å². The summed E-state index contributed by atoms with van der Waals surface area (Å²) in [6.07, 6.45) is 2.09. The Morgan fingerprint density at radius 2 is 2.21 bits per heavy atom. The van der Waals surface area contributed by atoms with Gasteiger partial charge in [0.2, 0.25) is 0 Å². The molecule has 0 aliphatic rings. The highest BCUT2D eigenvalue weighted by molar-refractivity contribution is 5.89. The van der Waals surface area contributed by atoms with Gasteiger partial charge in [0.15, 0.2) is 5.78 Å². The zero-order chi connectivity index (χ0) is 10.6. The molecule has 1 aromatic rings. The second-order valence-corrected chi connectivity index (χ2v) is 3.80. The van der Waals surface area contributed by atoms with E-state index < -0.39 is 5.54 Å². The fourth-order valence-corrected chi connectivity index (χ4v) is 1.03. The zero-order valence-electron chi connectivity index (χ0n) is 8.87. The number of nitrogens with one attached hydrogen (secondary N) is 1. The lowest BCUT2D eigenvalue weighted by Crippen LogP contribution is -2.45. The molecule has 3 nitrogen and oxygen atoms in total. The molecule has 0 aliphatic carbocycles. The molecule has 0 aliphatic heterocycles. The molecular formula is C11H16N2O. The van der Waals surface area contributed by atoms with Crippen molar-refractivity contribution in [1.29, 1.82) is 0 Å². The van der Waals surface area contributed by atoms with Gasteiger partial charge in [-0.25, -0.2) is 0 Å². The Kier molecular flexibility index (Phi) is 3.36. The van der Waals surface area contributed by atoms with Gasteiger partial charge in [0.05, 0.1) is 12.0 Å². The van der Waals surface area contributed by atoms with Crippen LogP contribution in [0.5, 0.6) is 0 Å². The highest BCUT2D eigenvalue weighted by Crippen LogP contribution is 2.07. The van der Waals surface area contributed by atoms with Crippen molar-refractivity contribution >= 4 is 5.78 Å². The van der Waals surface area contributed by atoms with Crippen LogP contribution in [0.25, 0.3) is 0 Å².